The maximum absolute atomic E-state index is 2.50. The van der Waals surface area contributed by atoms with Crippen molar-refractivity contribution in [2.75, 3.05) is 0 Å². The minimum Gasteiger partial charge on any atom is -0.0617 e. The molecule has 13 rings (SSSR count). The van der Waals surface area contributed by atoms with E-state index in [4.69, 9.17) is 0 Å². The fourth-order valence-electron chi connectivity index (χ4n) is 10.6. The zero-order valence-corrected chi connectivity index (χ0v) is 37.2. The van der Waals surface area contributed by atoms with E-state index >= 15 is 0 Å². The van der Waals surface area contributed by atoms with E-state index in [1.807, 2.05) is 0 Å². The maximum atomic E-state index is 2.50. The van der Waals surface area contributed by atoms with Crippen LogP contribution in [0.3, 0.4) is 0 Å². The Morgan fingerprint density at radius 3 is 0.954 bits per heavy atom. The summed E-state index contributed by atoms with van der Waals surface area (Å²) in [6.45, 7) is 0. The molecule has 0 aliphatic rings. The predicted octanol–water partition coefficient (Wildman–Crippen LogP) is 17.7. The fourth-order valence-corrected chi connectivity index (χ4v) is 12.9. The van der Waals surface area contributed by atoms with Gasteiger partial charge in [-0.05, 0) is 0 Å². The van der Waals surface area contributed by atoms with E-state index in [1.165, 1.54) is 129 Å². The Morgan fingerprint density at radius 2 is 0.508 bits per heavy atom. The van der Waals surface area contributed by atoms with Crippen LogP contribution in [0.5, 0.6) is 0 Å². The van der Waals surface area contributed by atoms with Gasteiger partial charge in [-0.25, -0.2) is 0 Å². The van der Waals surface area contributed by atoms with E-state index in [2.05, 4.69) is 243 Å². The number of fused-ring (bicyclic) bond motifs is 7. The molecule has 0 aliphatic heterocycles. The first kappa shape index (κ1) is 37.7. The standard InChI is InChI=1S/C64H40Se/c1-4-18-41(19-5-1)46-36-47(42-20-6-2-7-21-42)38-48(37-46)64-56-30-16-14-28-54(56)62(55-29-15-17-31-57(55)64)44-33-35-59-58(39-44)49-34-32-45(40-60(49)65-59)63-52-26-12-10-24-50(52)61(43-22-8-3-9-23-43)51-25-11-13-27-53(51)63/h1-40H. The summed E-state index contributed by atoms with van der Waals surface area (Å²) in [5.74, 6) is 0. The second kappa shape index (κ2) is 15.5. The van der Waals surface area contributed by atoms with Gasteiger partial charge in [0.15, 0.2) is 0 Å². The van der Waals surface area contributed by atoms with Gasteiger partial charge in [0.25, 0.3) is 0 Å². The quantitative estimate of drug-likeness (QED) is 0.115. The third kappa shape index (κ3) is 6.28. The van der Waals surface area contributed by atoms with E-state index in [9.17, 15) is 0 Å². The second-order valence-corrected chi connectivity index (χ2v) is 19.4. The fraction of sp³-hybridized carbons (Fsp3) is 0. The second-order valence-electron chi connectivity index (χ2n) is 17.1. The van der Waals surface area contributed by atoms with Gasteiger partial charge in [-0.2, -0.15) is 0 Å². The van der Waals surface area contributed by atoms with Crippen LogP contribution >= 0.6 is 0 Å². The Bertz CT molecular complexity index is 3800. The van der Waals surface area contributed by atoms with Gasteiger partial charge in [0.1, 0.15) is 0 Å². The largest absolute Gasteiger partial charge is 0.0617 e. The first-order valence-corrected chi connectivity index (χ1v) is 24.1. The molecular weight excluding hydrogens is 848 g/mol. The molecule has 0 N–H and O–H groups in total. The van der Waals surface area contributed by atoms with Crippen LogP contribution in [-0.4, -0.2) is 14.5 Å². The number of hydrogen-bond acceptors (Lipinski definition) is 0. The SMILES string of the molecule is c1ccc(-c2cc(-c3ccccc3)cc(-c3c4ccccc4c(-c4ccc5[se]c6cc(-c7c8ccccc8c(-c8ccccc8)c8ccccc78)ccc6c5c4)c4ccccc34)c2)cc1. The minimum atomic E-state index is 0.184. The van der Waals surface area contributed by atoms with Gasteiger partial charge < -0.3 is 0 Å². The van der Waals surface area contributed by atoms with Gasteiger partial charge in [0, 0.05) is 0 Å². The van der Waals surface area contributed by atoms with Crippen molar-refractivity contribution >= 4 is 76.9 Å². The molecule has 65 heavy (non-hydrogen) atoms. The van der Waals surface area contributed by atoms with Crippen LogP contribution in [0.4, 0.5) is 0 Å². The summed E-state index contributed by atoms with van der Waals surface area (Å²) < 4.78 is 2.89. The zero-order chi connectivity index (χ0) is 42.8. The first-order valence-electron chi connectivity index (χ1n) is 22.4. The summed E-state index contributed by atoms with van der Waals surface area (Å²) in [7, 11) is 0. The number of benzene rings is 12. The molecule has 0 saturated heterocycles. The van der Waals surface area contributed by atoms with E-state index in [0.29, 0.717) is 0 Å². The molecular formula is C64H40Se. The Labute approximate surface area is 384 Å². The molecule has 0 amide bonds. The van der Waals surface area contributed by atoms with Crippen LogP contribution in [-0.2, 0) is 0 Å². The normalized spacial score (nSPS) is 11.7. The third-order valence-electron chi connectivity index (χ3n) is 13.4. The molecule has 0 spiro atoms. The van der Waals surface area contributed by atoms with E-state index < -0.39 is 0 Å². The zero-order valence-electron chi connectivity index (χ0n) is 35.5. The van der Waals surface area contributed by atoms with E-state index in [-0.39, 0.29) is 14.5 Å². The first-order chi connectivity index (χ1) is 32.2. The summed E-state index contributed by atoms with van der Waals surface area (Å²) in [4.78, 5) is 0. The smallest absolute Gasteiger partial charge is 0.0544 e. The monoisotopic (exact) mass is 888 g/mol. The summed E-state index contributed by atoms with van der Waals surface area (Å²) in [5.41, 5.74) is 15.1. The van der Waals surface area contributed by atoms with Gasteiger partial charge >= 0.3 is 326 Å². The Kier molecular flexibility index (Phi) is 8.98. The average molecular weight is 888 g/mol. The molecule has 0 radical (unpaired) electrons. The molecule has 12 aromatic carbocycles. The maximum Gasteiger partial charge on any atom is -0.0544 e. The van der Waals surface area contributed by atoms with Gasteiger partial charge in [0.05, 0.1) is 0 Å². The van der Waals surface area contributed by atoms with Gasteiger partial charge in [-0.15, -0.1) is 0 Å². The summed E-state index contributed by atoms with van der Waals surface area (Å²) >= 11 is 0.184. The average Bonchev–Trinajstić information content (AvgIpc) is 3.75. The molecule has 1 aromatic heterocycles. The number of hydrogen-bond donors (Lipinski definition) is 0. The van der Waals surface area contributed by atoms with Crippen molar-refractivity contribution in [1.82, 2.24) is 0 Å². The Hall–Kier alpha value is -7.80. The molecule has 0 atom stereocenters. The van der Waals surface area contributed by atoms with Crippen LogP contribution in [0.2, 0.25) is 0 Å². The minimum absolute atomic E-state index is 0.184. The van der Waals surface area contributed by atoms with Crippen LogP contribution in [0.15, 0.2) is 243 Å². The van der Waals surface area contributed by atoms with Crippen molar-refractivity contribution in [3.8, 4) is 66.8 Å². The van der Waals surface area contributed by atoms with Crippen molar-refractivity contribution in [1.29, 1.82) is 0 Å². The molecule has 0 nitrogen and oxygen atoms in total. The van der Waals surface area contributed by atoms with Crippen molar-refractivity contribution < 1.29 is 0 Å². The summed E-state index contributed by atoms with van der Waals surface area (Å²) in [6.07, 6.45) is 0. The molecule has 302 valence electrons. The Morgan fingerprint density at radius 1 is 0.169 bits per heavy atom. The third-order valence-corrected chi connectivity index (χ3v) is 15.8. The van der Waals surface area contributed by atoms with Crippen molar-refractivity contribution in [2.24, 2.45) is 0 Å². The van der Waals surface area contributed by atoms with Crippen molar-refractivity contribution in [3.05, 3.63) is 243 Å². The summed E-state index contributed by atoms with van der Waals surface area (Å²) in [5, 5.41) is 12.9. The molecule has 0 fully saturated rings. The molecule has 0 bridgehead atoms. The van der Waals surface area contributed by atoms with E-state index in [1.54, 1.807) is 0 Å². The molecule has 0 aliphatic carbocycles. The molecule has 1 heteroatoms. The number of rotatable bonds is 6. The molecule has 0 saturated carbocycles. The van der Waals surface area contributed by atoms with Gasteiger partial charge in [0.2, 0.25) is 0 Å². The molecule has 1 heterocycles. The van der Waals surface area contributed by atoms with Gasteiger partial charge in [-0.1, -0.05) is 60.7 Å². The van der Waals surface area contributed by atoms with Gasteiger partial charge in [-0.3, -0.25) is 0 Å². The molecule has 0 unspecified atom stereocenters. The van der Waals surface area contributed by atoms with Crippen molar-refractivity contribution in [2.45, 2.75) is 0 Å². The van der Waals surface area contributed by atoms with E-state index in [0.717, 1.165) is 0 Å². The predicted molar refractivity (Wildman–Crippen MR) is 281 cm³/mol. The van der Waals surface area contributed by atoms with Crippen LogP contribution in [0.1, 0.15) is 0 Å². The summed E-state index contributed by atoms with van der Waals surface area (Å²) in [6, 6.07) is 90.2. The van der Waals surface area contributed by atoms with Crippen LogP contribution in [0, 0.1) is 0 Å². The van der Waals surface area contributed by atoms with Crippen LogP contribution in [0.25, 0.3) is 129 Å². The van der Waals surface area contributed by atoms with Crippen LogP contribution < -0.4 is 0 Å². The molecule has 13 aromatic rings. The topological polar surface area (TPSA) is 0 Å². The van der Waals surface area contributed by atoms with Crippen molar-refractivity contribution in [3.63, 3.8) is 0 Å². The Balaban J connectivity index is 0.996.